The lowest BCUT2D eigenvalue weighted by Crippen LogP contribution is -2.52. The van der Waals surface area contributed by atoms with Gasteiger partial charge in [-0.05, 0) is 39.7 Å². The number of phosphoric ester groups is 1. The van der Waals surface area contributed by atoms with E-state index in [0.29, 0.717) is 31.0 Å². The molecule has 1 saturated heterocycles. The number of phosphoric acid groups is 1. The Hall–Kier alpha value is -4.38. The second-order valence-electron chi connectivity index (χ2n) is 11.8. The number of ether oxygens (including phenoxy) is 3. The van der Waals surface area contributed by atoms with E-state index in [4.69, 9.17) is 28.8 Å². The Balaban J connectivity index is 1.47. The van der Waals surface area contributed by atoms with E-state index < -0.39 is 91.9 Å². The average molecular weight is 699 g/mol. The summed E-state index contributed by atoms with van der Waals surface area (Å²) >= 11 is 0. The molecule has 0 unspecified atom stereocenters. The van der Waals surface area contributed by atoms with Crippen molar-refractivity contribution in [2.24, 2.45) is 5.16 Å². The van der Waals surface area contributed by atoms with Crippen LogP contribution in [0, 0.1) is 11.6 Å². The van der Waals surface area contributed by atoms with Crippen molar-refractivity contribution in [3.8, 4) is 5.75 Å². The monoisotopic (exact) mass is 698 g/mol. The number of halogens is 2. The summed E-state index contributed by atoms with van der Waals surface area (Å²) < 4.78 is 59.6. The van der Waals surface area contributed by atoms with E-state index >= 15 is 0 Å². The second-order valence-corrected chi connectivity index (χ2v) is 13.0. The summed E-state index contributed by atoms with van der Waals surface area (Å²) in [6, 6.07) is 1.86. The van der Waals surface area contributed by atoms with Gasteiger partial charge in [-0.3, -0.25) is 18.9 Å². The molecule has 19 heteroatoms. The van der Waals surface area contributed by atoms with Crippen LogP contribution in [0.2, 0.25) is 0 Å². The number of benzene rings is 1. The van der Waals surface area contributed by atoms with Crippen LogP contribution in [0.3, 0.4) is 0 Å². The number of hydrogen-bond acceptors (Lipinski definition) is 11. The van der Waals surface area contributed by atoms with Gasteiger partial charge in [0.15, 0.2) is 11.3 Å². The number of pyridine rings is 1. The number of nitrogens with one attached hydrogen (secondary N) is 1. The van der Waals surface area contributed by atoms with Gasteiger partial charge < -0.3 is 43.6 Å². The number of hydrogen-bond donors (Lipinski definition) is 3. The predicted molar refractivity (Wildman–Crippen MR) is 159 cm³/mol. The van der Waals surface area contributed by atoms with Gasteiger partial charge >= 0.3 is 14.0 Å². The zero-order valence-electron chi connectivity index (χ0n) is 26.0. The summed E-state index contributed by atoms with van der Waals surface area (Å²) in [5.41, 5.74) is -2.06. The van der Waals surface area contributed by atoms with Crippen LogP contribution in [0.15, 0.2) is 34.3 Å². The first-order valence-corrected chi connectivity index (χ1v) is 16.3. The molecule has 16 nitrogen and oxygen atoms in total. The van der Waals surface area contributed by atoms with Gasteiger partial charge in [0.1, 0.15) is 29.9 Å². The third kappa shape index (κ3) is 7.36. The van der Waals surface area contributed by atoms with Crippen molar-refractivity contribution < 1.29 is 61.1 Å². The number of fused-ring (bicyclic) bond motifs is 5. The van der Waals surface area contributed by atoms with E-state index in [1.165, 1.54) is 17.7 Å². The molecule has 260 valence electrons. The van der Waals surface area contributed by atoms with E-state index in [1.807, 2.05) is 6.92 Å². The number of carbonyl (C=O) groups is 3. The maximum atomic E-state index is 14.3. The highest BCUT2D eigenvalue weighted by Gasteiger charge is 2.54. The minimum atomic E-state index is -4.85. The quantitative estimate of drug-likeness (QED) is 0.186. The first-order valence-electron chi connectivity index (χ1n) is 14.8. The Morgan fingerprint density at radius 3 is 2.67 bits per heavy atom. The van der Waals surface area contributed by atoms with Crippen molar-refractivity contribution in [2.45, 2.75) is 70.4 Å². The normalized spacial score (nSPS) is 22.3. The minimum absolute atomic E-state index is 0.0544. The van der Waals surface area contributed by atoms with Gasteiger partial charge in [-0.25, -0.2) is 18.1 Å². The molecule has 1 aromatic carbocycles. The van der Waals surface area contributed by atoms with E-state index in [-0.39, 0.29) is 23.8 Å². The van der Waals surface area contributed by atoms with Crippen molar-refractivity contribution in [1.29, 1.82) is 0 Å². The van der Waals surface area contributed by atoms with Crippen LogP contribution in [-0.4, -0.2) is 80.6 Å². The van der Waals surface area contributed by atoms with Crippen LogP contribution in [0.5, 0.6) is 5.75 Å². The van der Waals surface area contributed by atoms with Crippen molar-refractivity contribution >= 4 is 31.5 Å². The molecular formula is C29H33F2N4O12P. The SMILES string of the molecule is CC1=NO[C@@]2(CC[C@H](C)N3C[C@H]2n2cc(C(=O)NCc4ccc(F)cc4F)c(=O)c(OCOC(=O)OC[C@@H](C)OP(=O)(O)O)c2C3=O)C1. The van der Waals surface area contributed by atoms with Crippen molar-refractivity contribution in [1.82, 2.24) is 14.8 Å². The minimum Gasteiger partial charge on any atom is -0.451 e. The van der Waals surface area contributed by atoms with Gasteiger partial charge in [0.25, 0.3) is 11.8 Å². The maximum Gasteiger partial charge on any atom is 0.511 e. The summed E-state index contributed by atoms with van der Waals surface area (Å²) in [6.45, 7) is 3.02. The van der Waals surface area contributed by atoms with E-state index in [9.17, 15) is 32.5 Å². The van der Waals surface area contributed by atoms with Crippen LogP contribution < -0.4 is 15.5 Å². The smallest absolute Gasteiger partial charge is 0.451 e. The molecular weight excluding hydrogens is 665 g/mol. The summed E-state index contributed by atoms with van der Waals surface area (Å²) in [6.07, 6.45) is 0.0600. The highest BCUT2D eigenvalue weighted by Crippen LogP contribution is 2.46. The van der Waals surface area contributed by atoms with Gasteiger partial charge in [-0.2, -0.15) is 0 Å². The molecule has 2 aromatic rings. The van der Waals surface area contributed by atoms with Crippen molar-refractivity contribution in [3.05, 3.63) is 63.1 Å². The highest BCUT2D eigenvalue weighted by atomic mass is 31.2. The number of rotatable bonds is 10. The largest absolute Gasteiger partial charge is 0.511 e. The Kier molecular flexibility index (Phi) is 9.92. The summed E-state index contributed by atoms with van der Waals surface area (Å²) in [5.74, 6) is -3.91. The first-order chi connectivity index (χ1) is 22.6. The van der Waals surface area contributed by atoms with Crippen LogP contribution in [0.1, 0.15) is 72.5 Å². The topological polar surface area (TPSA) is 205 Å². The maximum absolute atomic E-state index is 14.3. The standard InChI is InChI=1S/C29H33F2N4O12P/c1-15-9-29(47-33-15)7-6-16(2)34-12-22(29)35-11-20(26(37)32-10-18-4-5-19(30)8-21(18)31)24(36)25(23(35)27(34)38)44-14-45-28(39)43-13-17(3)46-48(40,41)42/h4-5,8,11,16-17,22H,6-7,9-10,12-14H2,1-3H3,(H,32,37)(H2,40,41,42)/t16-,17+,22+,29-/m0/s1. The van der Waals surface area contributed by atoms with Crippen molar-refractivity contribution in [2.75, 3.05) is 19.9 Å². The molecule has 1 fully saturated rings. The fraction of sp³-hybridized carbons (Fsp3) is 0.483. The van der Waals surface area contributed by atoms with Gasteiger partial charge in [0.05, 0.1) is 11.8 Å². The zero-order valence-corrected chi connectivity index (χ0v) is 26.9. The molecule has 4 atom stereocenters. The van der Waals surface area contributed by atoms with Gasteiger partial charge in [-0.1, -0.05) is 11.2 Å². The zero-order chi connectivity index (χ0) is 35.0. The lowest BCUT2D eigenvalue weighted by Gasteiger charge is -2.42. The fourth-order valence-corrected chi connectivity index (χ4v) is 6.50. The Labute approximate surface area is 271 Å². The molecule has 3 aliphatic rings. The number of oxime groups is 1. The molecule has 2 bridgehead atoms. The predicted octanol–water partition coefficient (Wildman–Crippen LogP) is 2.76. The summed E-state index contributed by atoms with van der Waals surface area (Å²) in [4.78, 5) is 78.6. The lowest BCUT2D eigenvalue weighted by atomic mass is 9.84. The van der Waals surface area contributed by atoms with E-state index in [2.05, 4.69) is 15.0 Å². The number of aromatic nitrogens is 1. The Bertz CT molecular complexity index is 1760. The molecule has 4 heterocycles. The molecule has 1 aromatic heterocycles. The average Bonchev–Trinajstić information content (AvgIpc) is 3.34. The van der Waals surface area contributed by atoms with Gasteiger partial charge in [-0.15, -0.1) is 0 Å². The molecule has 5 rings (SSSR count). The van der Waals surface area contributed by atoms with Gasteiger partial charge in [0, 0.05) is 43.4 Å². The number of nitrogens with zero attached hydrogens (tertiary/aromatic N) is 3. The first kappa shape index (κ1) is 34.9. The van der Waals surface area contributed by atoms with Crippen molar-refractivity contribution in [3.63, 3.8) is 0 Å². The van der Waals surface area contributed by atoms with Crippen LogP contribution in [0.4, 0.5) is 13.6 Å². The van der Waals surface area contributed by atoms with E-state index in [1.54, 1.807) is 11.8 Å². The van der Waals surface area contributed by atoms with Crippen LogP contribution in [-0.2, 0) is 29.9 Å². The summed E-state index contributed by atoms with van der Waals surface area (Å²) in [7, 11) is -4.85. The molecule has 1 spiro atoms. The molecule has 0 radical (unpaired) electrons. The molecule has 3 aliphatic heterocycles. The third-order valence-corrected chi connectivity index (χ3v) is 8.89. The molecule has 0 saturated carbocycles. The Morgan fingerprint density at radius 2 is 2.00 bits per heavy atom. The molecule has 3 N–H and O–H groups in total. The number of amides is 2. The Morgan fingerprint density at radius 1 is 1.25 bits per heavy atom. The van der Waals surface area contributed by atoms with Crippen LogP contribution in [0.25, 0.3) is 0 Å². The number of carbonyl (C=O) groups excluding carboxylic acids is 3. The van der Waals surface area contributed by atoms with Crippen LogP contribution >= 0.6 is 7.82 Å². The molecule has 2 amide bonds. The highest BCUT2D eigenvalue weighted by molar-refractivity contribution is 7.46. The fourth-order valence-electron chi connectivity index (χ4n) is 5.97. The second kappa shape index (κ2) is 13.6. The molecule has 0 aliphatic carbocycles. The van der Waals surface area contributed by atoms with E-state index in [0.717, 1.165) is 12.1 Å². The van der Waals surface area contributed by atoms with Gasteiger partial charge in [0.2, 0.25) is 18.0 Å². The summed E-state index contributed by atoms with van der Waals surface area (Å²) in [5, 5.41) is 6.58. The lowest BCUT2D eigenvalue weighted by molar-refractivity contribution is -0.0658. The molecule has 48 heavy (non-hydrogen) atoms. The third-order valence-electron chi connectivity index (χ3n) is 8.26.